The fraction of sp³-hybridized carbons (Fsp3) is 0.417. The van der Waals surface area contributed by atoms with Crippen molar-refractivity contribution < 1.29 is 22.7 Å². The Kier molecular flexibility index (Phi) is 4.84. The molecule has 1 aromatic rings. The van der Waals surface area contributed by atoms with E-state index in [9.17, 15) is 17.6 Å². The molecule has 1 saturated heterocycles. The molecule has 6 nitrogen and oxygen atoms in total. The molecule has 1 heterocycles. The molecule has 1 aliphatic rings. The topological polar surface area (TPSA) is 86.7 Å². The minimum atomic E-state index is -3.90. The Morgan fingerprint density at radius 2 is 2.00 bits per heavy atom. The van der Waals surface area contributed by atoms with Gasteiger partial charge in [0.15, 0.2) is 0 Å². The van der Waals surface area contributed by atoms with E-state index in [2.05, 4.69) is 20.7 Å². The zero-order valence-corrected chi connectivity index (χ0v) is 13.3. The summed E-state index contributed by atoms with van der Waals surface area (Å²) in [5.41, 5.74) is -0.148. The minimum Gasteiger partial charge on any atom is -0.481 e. The van der Waals surface area contributed by atoms with Crippen LogP contribution in [0.25, 0.3) is 0 Å². The van der Waals surface area contributed by atoms with Gasteiger partial charge in [-0.2, -0.15) is 12.7 Å². The third-order valence-corrected chi connectivity index (χ3v) is 5.33. The summed E-state index contributed by atoms with van der Waals surface area (Å²) in [7, 11) is -3.90. The third-order valence-electron chi connectivity index (χ3n) is 3.31. The van der Waals surface area contributed by atoms with Crippen molar-refractivity contribution in [1.29, 1.82) is 0 Å². The number of nitrogens with one attached hydrogen (secondary N) is 1. The first-order chi connectivity index (χ1) is 9.79. The molecule has 9 heteroatoms. The van der Waals surface area contributed by atoms with E-state index in [1.165, 1.54) is 12.1 Å². The van der Waals surface area contributed by atoms with E-state index in [4.69, 9.17) is 5.11 Å². The second-order valence-corrected chi connectivity index (χ2v) is 7.33. The highest BCUT2D eigenvalue weighted by molar-refractivity contribution is 9.10. The van der Waals surface area contributed by atoms with Crippen LogP contribution in [0, 0.1) is 11.7 Å². The summed E-state index contributed by atoms with van der Waals surface area (Å²) in [4.78, 5) is 10.8. The molecule has 0 saturated carbocycles. The lowest BCUT2D eigenvalue weighted by molar-refractivity contribution is -0.142. The lowest BCUT2D eigenvalue weighted by Crippen LogP contribution is -2.43. The van der Waals surface area contributed by atoms with Crippen LogP contribution in [-0.4, -0.2) is 36.9 Å². The van der Waals surface area contributed by atoms with Gasteiger partial charge in [-0.25, -0.2) is 4.39 Å². The second kappa shape index (κ2) is 6.29. The number of hydrogen-bond donors (Lipinski definition) is 2. The first kappa shape index (κ1) is 16.2. The van der Waals surface area contributed by atoms with E-state index >= 15 is 0 Å². The highest BCUT2D eigenvalue weighted by atomic mass is 79.9. The zero-order valence-electron chi connectivity index (χ0n) is 10.9. The number of anilines is 1. The van der Waals surface area contributed by atoms with Gasteiger partial charge in [-0.1, -0.05) is 15.9 Å². The lowest BCUT2D eigenvalue weighted by atomic mass is 9.99. The van der Waals surface area contributed by atoms with Crippen molar-refractivity contribution in [2.75, 3.05) is 17.8 Å². The molecule has 21 heavy (non-hydrogen) atoms. The maximum absolute atomic E-state index is 13.6. The molecule has 1 aliphatic heterocycles. The Labute approximate surface area is 130 Å². The molecule has 0 spiro atoms. The standard InChI is InChI=1S/C12H14BrFN2O4S/c13-9-1-2-10(14)11(7-9)15-21(19,20)16-5-3-8(4-6-16)12(17)18/h1-2,7-8,15H,3-6H2,(H,17,18). The van der Waals surface area contributed by atoms with Gasteiger partial charge in [-0.3, -0.25) is 9.52 Å². The number of carbonyl (C=O) groups is 1. The van der Waals surface area contributed by atoms with Crippen LogP contribution in [0.5, 0.6) is 0 Å². The Bertz CT molecular complexity index is 645. The van der Waals surface area contributed by atoms with Gasteiger partial charge in [0, 0.05) is 17.6 Å². The zero-order chi connectivity index (χ0) is 15.6. The van der Waals surface area contributed by atoms with Crippen LogP contribution in [-0.2, 0) is 15.0 Å². The monoisotopic (exact) mass is 380 g/mol. The Hall–Kier alpha value is -1.19. The first-order valence-electron chi connectivity index (χ1n) is 6.25. The van der Waals surface area contributed by atoms with E-state index in [0.717, 1.165) is 10.4 Å². The number of halogens is 2. The van der Waals surface area contributed by atoms with Crippen LogP contribution in [0.15, 0.2) is 22.7 Å². The fourth-order valence-electron chi connectivity index (χ4n) is 2.12. The Morgan fingerprint density at radius 3 is 2.57 bits per heavy atom. The molecule has 0 amide bonds. The average Bonchev–Trinajstić information content (AvgIpc) is 2.43. The van der Waals surface area contributed by atoms with Gasteiger partial charge in [-0.15, -0.1) is 0 Å². The van der Waals surface area contributed by atoms with Crippen LogP contribution in [0.2, 0.25) is 0 Å². The van der Waals surface area contributed by atoms with E-state index < -0.39 is 27.9 Å². The largest absolute Gasteiger partial charge is 0.481 e. The third kappa shape index (κ3) is 3.92. The quantitative estimate of drug-likeness (QED) is 0.836. The highest BCUT2D eigenvalue weighted by Crippen LogP contribution is 2.24. The molecule has 116 valence electrons. The molecule has 1 aromatic carbocycles. The van der Waals surface area contributed by atoms with E-state index in [1.807, 2.05) is 0 Å². The molecule has 1 fully saturated rings. The van der Waals surface area contributed by atoms with E-state index in [1.54, 1.807) is 0 Å². The normalized spacial score (nSPS) is 17.6. The average molecular weight is 381 g/mol. The molecule has 2 N–H and O–H groups in total. The van der Waals surface area contributed by atoms with Crippen molar-refractivity contribution in [2.45, 2.75) is 12.8 Å². The van der Waals surface area contributed by atoms with Gasteiger partial charge in [0.25, 0.3) is 0 Å². The maximum atomic E-state index is 13.6. The Morgan fingerprint density at radius 1 is 1.38 bits per heavy atom. The summed E-state index contributed by atoms with van der Waals surface area (Å²) in [6, 6.07) is 3.95. The number of benzene rings is 1. The summed E-state index contributed by atoms with van der Waals surface area (Å²) >= 11 is 3.14. The summed E-state index contributed by atoms with van der Waals surface area (Å²) in [5.74, 6) is -2.13. The number of rotatable bonds is 4. The van der Waals surface area contributed by atoms with Crippen molar-refractivity contribution in [3.8, 4) is 0 Å². The van der Waals surface area contributed by atoms with Crippen LogP contribution in [0.4, 0.5) is 10.1 Å². The molecular weight excluding hydrogens is 367 g/mol. The van der Waals surface area contributed by atoms with Crippen molar-refractivity contribution in [1.82, 2.24) is 4.31 Å². The van der Waals surface area contributed by atoms with Gasteiger partial charge in [0.2, 0.25) is 0 Å². The summed E-state index contributed by atoms with van der Waals surface area (Å²) in [6.07, 6.45) is 0.494. The predicted octanol–water partition coefficient (Wildman–Crippen LogP) is 2.04. The van der Waals surface area contributed by atoms with Crippen LogP contribution < -0.4 is 4.72 Å². The number of carboxylic acid groups (broad SMARTS) is 1. The molecule has 0 aliphatic carbocycles. The van der Waals surface area contributed by atoms with Crippen molar-refractivity contribution in [3.63, 3.8) is 0 Å². The first-order valence-corrected chi connectivity index (χ1v) is 8.48. The molecular formula is C12H14BrFN2O4S. The molecule has 0 unspecified atom stereocenters. The lowest BCUT2D eigenvalue weighted by Gasteiger charge is -2.29. The van der Waals surface area contributed by atoms with Crippen molar-refractivity contribution in [3.05, 3.63) is 28.5 Å². The number of piperidine rings is 1. The number of aliphatic carboxylic acids is 1. The molecule has 0 aromatic heterocycles. The van der Waals surface area contributed by atoms with Crippen molar-refractivity contribution >= 4 is 37.8 Å². The van der Waals surface area contributed by atoms with Gasteiger partial charge < -0.3 is 5.11 Å². The predicted molar refractivity (Wildman–Crippen MR) is 78.6 cm³/mol. The highest BCUT2D eigenvalue weighted by Gasteiger charge is 2.31. The van der Waals surface area contributed by atoms with Crippen LogP contribution in [0.3, 0.4) is 0 Å². The summed E-state index contributed by atoms with van der Waals surface area (Å²) in [6.45, 7) is 0.198. The summed E-state index contributed by atoms with van der Waals surface area (Å²) in [5, 5.41) is 8.89. The number of carboxylic acids is 1. The smallest absolute Gasteiger partial charge is 0.306 e. The van der Waals surface area contributed by atoms with E-state index in [0.29, 0.717) is 4.47 Å². The Balaban J connectivity index is 2.09. The summed E-state index contributed by atoms with van der Waals surface area (Å²) < 4.78 is 41.8. The van der Waals surface area contributed by atoms with Gasteiger partial charge in [0.05, 0.1) is 11.6 Å². The minimum absolute atomic E-state index is 0.0991. The number of nitrogens with zero attached hydrogens (tertiary/aromatic N) is 1. The second-order valence-electron chi connectivity index (χ2n) is 4.74. The van der Waals surface area contributed by atoms with Gasteiger partial charge in [-0.05, 0) is 31.0 Å². The van der Waals surface area contributed by atoms with Gasteiger partial charge >= 0.3 is 16.2 Å². The maximum Gasteiger partial charge on any atom is 0.306 e. The molecule has 0 radical (unpaired) electrons. The van der Waals surface area contributed by atoms with Crippen LogP contribution in [0.1, 0.15) is 12.8 Å². The fourth-order valence-corrected chi connectivity index (χ4v) is 3.74. The van der Waals surface area contributed by atoms with Gasteiger partial charge in [0.1, 0.15) is 5.82 Å². The SMILES string of the molecule is O=C(O)C1CCN(S(=O)(=O)Nc2cc(Br)ccc2F)CC1. The van der Waals surface area contributed by atoms with Crippen molar-refractivity contribution in [2.24, 2.45) is 5.92 Å². The molecule has 0 atom stereocenters. The van der Waals surface area contributed by atoms with Crippen LogP contribution >= 0.6 is 15.9 Å². The molecule has 2 rings (SSSR count). The number of hydrogen-bond acceptors (Lipinski definition) is 3. The van der Waals surface area contributed by atoms with E-state index in [-0.39, 0.29) is 31.6 Å². The molecule has 0 bridgehead atoms.